The average molecular weight is 355 g/mol. The molecule has 0 fully saturated rings. The Morgan fingerprint density at radius 3 is 2.15 bits per heavy atom. The molecule has 0 radical (unpaired) electrons. The summed E-state index contributed by atoms with van der Waals surface area (Å²) in [7, 11) is 0. The fourth-order valence-corrected chi connectivity index (χ4v) is 3.19. The van der Waals surface area contributed by atoms with Crippen LogP contribution in [0.15, 0.2) is 59.6 Å². The van der Waals surface area contributed by atoms with Gasteiger partial charge in [-0.1, -0.05) is 32.9 Å². The summed E-state index contributed by atoms with van der Waals surface area (Å²) in [6, 6.07) is 20.3. The van der Waals surface area contributed by atoms with E-state index < -0.39 is 0 Å². The van der Waals surface area contributed by atoms with Gasteiger partial charge >= 0.3 is 0 Å². The Labute approximate surface area is 161 Å². The number of hydrogen-bond acceptors (Lipinski definition) is 2. The summed E-state index contributed by atoms with van der Waals surface area (Å²) in [5.41, 5.74) is 7.56. The topological polar surface area (TPSA) is 41.1 Å². The number of aryl methyl sites for hydroxylation is 1. The van der Waals surface area contributed by atoms with Crippen molar-refractivity contribution < 1.29 is 0 Å². The van der Waals surface area contributed by atoms with Gasteiger partial charge in [0.05, 0.1) is 17.3 Å². The molecule has 0 aliphatic carbocycles. The SMILES string of the molecule is Cc1cc(C=Nc2ccc(C#N)cc2)c(C)n1-c1ccc(C(C)(C)C)cc1. The van der Waals surface area contributed by atoms with Crippen LogP contribution in [0.5, 0.6) is 0 Å². The van der Waals surface area contributed by atoms with Crippen molar-refractivity contribution in [2.24, 2.45) is 4.99 Å². The van der Waals surface area contributed by atoms with Crippen LogP contribution < -0.4 is 0 Å². The van der Waals surface area contributed by atoms with E-state index in [1.54, 1.807) is 12.1 Å². The zero-order valence-electron chi connectivity index (χ0n) is 16.6. The van der Waals surface area contributed by atoms with Gasteiger partial charge in [-0.3, -0.25) is 4.99 Å². The minimum absolute atomic E-state index is 0.151. The van der Waals surface area contributed by atoms with E-state index in [0.717, 1.165) is 22.6 Å². The van der Waals surface area contributed by atoms with Gasteiger partial charge in [-0.05, 0) is 67.3 Å². The van der Waals surface area contributed by atoms with Gasteiger partial charge in [0.15, 0.2) is 0 Å². The quantitative estimate of drug-likeness (QED) is 0.530. The molecular weight excluding hydrogens is 330 g/mol. The van der Waals surface area contributed by atoms with Gasteiger partial charge in [0.25, 0.3) is 0 Å². The lowest BCUT2D eigenvalue weighted by Gasteiger charge is -2.20. The van der Waals surface area contributed by atoms with Crippen LogP contribution in [0.25, 0.3) is 5.69 Å². The summed E-state index contributed by atoms with van der Waals surface area (Å²) >= 11 is 0. The molecule has 2 aromatic carbocycles. The highest BCUT2D eigenvalue weighted by atomic mass is 15.0. The first-order valence-corrected chi connectivity index (χ1v) is 9.13. The van der Waals surface area contributed by atoms with E-state index >= 15 is 0 Å². The summed E-state index contributed by atoms with van der Waals surface area (Å²) in [4.78, 5) is 4.56. The third-order valence-corrected chi connectivity index (χ3v) is 4.81. The summed E-state index contributed by atoms with van der Waals surface area (Å²) in [6.07, 6.45) is 1.89. The van der Waals surface area contributed by atoms with Crippen molar-refractivity contribution in [3.05, 3.63) is 82.7 Å². The van der Waals surface area contributed by atoms with Crippen molar-refractivity contribution in [3.8, 4) is 11.8 Å². The first-order valence-electron chi connectivity index (χ1n) is 9.13. The van der Waals surface area contributed by atoms with Gasteiger partial charge in [0.1, 0.15) is 0 Å². The predicted octanol–water partition coefficient (Wildman–Crippen LogP) is 6.01. The van der Waals surface area contributed by atoms with Crippen molar-refractivity contribution >= 4 is 11.9 Å². The standard InChI is InChI=1S/C24H25N3/c1-17-14-20(16-26-22-10-6-19(15-25)7-11-22)18(2)27(17)23-12-8-21(9-13-23)24(3,4)5/h6-14,16H,1-5H3. The van der Waals surface area contributed by atoms with Crippen LogP contribution in [0.2, 0.25) is 0 Å². The second-order valence-corrected chi connectivity index (χ2v) is 7.88. The Hall–Kier alpha value is -3.12. The second kappa shape index (κ2) is 7.25. The molecule has 3 nitrogen and oxygen atoms in total. The van der Waals surface area contributed by atoms with Crippen molar-refractivity contribution in [1.82, 2.24) is 4.57 Å². The number of nitrogens with zero attached hydrogens (tertiary/aromatic N) is 3. The van der Waals surface area contributed by atoms with Gasteiger partial charge in [-0.15, -0.1) is 0 Å². The highest BCUT2D eigenvalue weighted by Gasteiger charge is 2.14. The van der Waals surface area contributed by atoms with E-state index in [4.69, 9.17) is 5.26 Å². The summed E-state index contributed by atoms with van der Waals surface area (Å²) in [5.74, 6) is 0. The molecular formula is C24H25N3. The molecule has 1 heterocycles. The zero-order chi connectivity index (χ0) is 19.6. The Morgan fingerprint density at radius 2 is 1.59 bits per heavy atom. The number of rotatable bonds is 3. The predicted molar refractivity (Wildman–Crippen MR) is 112 cm³/mol. The highest BCUT2D eigenvalue weighted by molar-refractivity contribution is 5.84. The summed E-state index contributed by atoms with van der Waals surface area (Å²) in [6.45, 7) is 10.9. The van der Waals surface area contributed by atoms with Crippen molar-refractivity contribution in [1.29, 1.82) is 5.26 Å². The third kappa shape index (κ3) is 4.01. The van der Waals surface area contributed by atoms with E-state index in [-0.39, 0.29) is 5.41 Å². The van der Waals surface area contributed by atoms with Crippen LogP contribution in [0.4, 0.5) is 5.69 Å². The Kier molecular flexibility index (Phi) is 5.01. The van der Waals surface area contributed by atoms with Gasteiger partial charge in [-0.25, -0.2) is 0 Å². The molecule has 3 aromatic rings. The molecule has 3 heteroatoms. The zero-order valence-corrected chi connectivity index (χ0v) is 16.6. The van der Waals surface area contributed by atoms with Gasteiger partial charge < -0.3 is 4.57 Å². The lowest BCUT2D eigenvalue weighted by Crippen LogP contribution is -2.11. The Morgan fingerprint density at radius 1 is 0.963 bits per heavy atom. The fraction of sp³-hybridized carbons (Fsp3) is 0.250. The Bertz CT molecular complexity index is 1010. The van der Waals surface area contributed by atoms with E-state index in [1.165, 1.54) is 11.3 Å². The minimum Gasteiger partial charge on any atom is -0.318 e. The molecule has 1 aromatic heterocycles. The van der Waals surface area contributed by atoms with Crippen molar-refractivity contribution in [2.75, 3.05) is 0 Å². The minimum atomic E-state index is 0.151. The van der Waals surface area contributed by atoms with Crippen LogP contribution in [-0.4, -0.2) is 10.8 Å². The number of aromatic nitrogens is 1. The molecule has 0 unspecified atom stereocenters. The molecule has 0 saturated heterocycles. The molecule has 0 bridgehead atoms. The molecule has 0 atom stereocenters. The largest absolute Gasteiger partial charge is 0.318 e. The average Bonchev–Trinajstić information content (AvgIpc) is 2.93. The van der Waals surface area contributed by atoms with Crippen molar-refractivity contribution in [2.45, 2.75) is 40.0 Å². The maximum atomic E-state index is 8.88. The van der Waals surface area contributed by atoms with Crippen LogP contribution in [0.1, 0.15) is 48.8 Å². The molecule has 0 aliphatic heterocycles. The second-order valence-electron chi connectivity index (χ2n) is 7.88. The number of aliphatic imine (C=N–C) groups is 1. The number of hydrogen-bond donors (Lipinski definition) is 0. The lowest BCUT2D eigenvalue weighted by molar-refractivity contribution is 0.590. The molecule has 0 aliphatic rings. The smallest absolute Gasteiger partial charge is 0.0991 e. The van der Waals surface area contributed by atoms with Crippen LogP contribution >= 0.6 is 0 Å². The monoisotopic (exact) mass is 355 g/mol. The van der Waals surface area contributed by atoms with E-state index in [1.807, 2.05) is 18.3 Å². The van der Waals surface area contributed by atoms with Crippen LogP contribution in [-0.2, 0) is 5.41 Å². The molecule has 136 valence electrons. The summed E-state index contributed by atoms with van der Waals surface area (Å²) < 4.78 is 2.26. The van der Waals surface area contributed by atoms with E-state index in [2.05, 4.69) is 80.6 Å². The van der Waals surface area contributed by atoms with Crippen LogP contribution in [0.3, 0.4) is 0 Å². The third-order valence-electron chi connectivity index (χ3n) is 4.81. The Balaban J connectivity index is 1.90. The highest BCUT2D eigenvalue weighted by Crippen LogP contribution is 2.25. The molecule has 27 heavy (non-hydrogen) atoms. The number of nitriles is 1. The first kappa shape index (κ1) is 18.7. The van der Waals surface area contributed by atoms with Gasteiger partial charge in [-0.2, -0.15) is 5.26 Å². The maximum absolute atomic E-state index is 8.88. The molecule has 0 amide bonds. The summed E-state index contributed by atoms with van der Waals surface area (Å²) in [5, 5.41) is 8.88. The van der Waals surface area contributed by atoms with Gasteiger partial charge in [0.2, 0.25) is 0 Å². The fourth-order valence-electron chi connectivity index (χ4n) is 3.19. The first-order chi connectivity index (χ1) is 12.8. The van der Waals surface area contributed by atoms with Crippen LogP contribution in [0, 0.1) is 25.2 Å². The molecule has 3 rings (SSSR count). The molecule has 0 saturated carbocycles. The maximum Gasteiger partial charge on any atom is 0.0991 e. The van der Waals surface area contributed by atoms with E-state index in [9.17, 15) is 0 Å². The molecule has 0 spiro atoms. The normalized spacial score (nSPS) is 11.7. The number of benzene rings is 2. The lowest BCUT2D eigenvalue weighted by atomic mass is 9.87. The van der Waals surface area contributed by atoms with Crippen molar-refractivity contribution in [3.63, 3.8) is 0 Å². The molecule has 0 N–H and O–H groups in total. The van der Waals surface area contributed by atoms with Gasteiger partial charge in [0, 0.05) is 28.9 Å². The van der Waals surface area contributed by atoms with E-state index in [0.29, 0.717) is 5.56 Å².